The molecule has 1 unspecified atom stereocenters. The Morgan fingerprint density at radius 3 is 1.88 bits per heavy atom. The zero-order chi connectivity index (χ0) is 19.9. The highest BCUT2D eigenvalue weighted by Gasteiger charge is 2.29. The van der Waals surface area contributed by atoms with E-state index in [1.54, 1.807) is 16.4 Å². The van der Waals surface area contributed by atoms with Gasteiger partial charge in [-0.2, -0.15) is 4.31 Å². The fourth-order valence-electron chi connectivity index (χ4n) is 2.50. The molecule has 0 bridgehead atoms. The zero-order valence-corrected chi connectivity index (χ0v) is 16.1. The Labute approximate surface area is 154 Å². The van der Waals surface area contributed by atoms with Crippen molar-refractivity contribution in [2.45, 2.75) is 38.1 Å². The summed E-state index contributed by atoms with van der Waals surface area (Å²) >= 11 is 0. The summed E-state index contributed by atoms with van der Waals surface area (Å²) in [4.78, 5) is 21.0. The SMILES string of the molecule is CCC(C)N1CCN(S(=O)(=O)c2ccc(C)cc2)CC1.O=C(O)C(=O)O. The maximum absolute atomic E-state index is 12.6. The summed E-state index contributed by atoms with van der Waals surface area (Å²) in [6, 6.07) is 7.63. The van der Waals surface area contributed by atoms with Gasteiger partial charge >= 0.3 is 11.9 Å². The standard InChI is InChI=1S/C15H24N2O2S.C2H2O4/c1-4-14(3)16-9-11-17(12-10-16)20(18,19)15-7-5-13(2)6-8-15;3-1(4)2(5)6/h5-8,14H,4,9-12H2,1-3H3;(H,3,4)(H,5,6). The Balaban J connectivity index is 0.000000487. The molecule has 0 saturated carbocycles. The number of hydrogen-bond donors (Lipinski definition) is 2. The molecule has 0 radical (unpaired) electrons. The predicted molar refractivity (Wildman–Crippen MR) is 96.5 cm³/mol. The van der Waals surface area contributed by atoms with Gasteiger partial charge in [-0.1, -0.05) is 24.6 Å². The van der Waals surface area contributed by atoms with E-state index in [1.807, 2.05) is 19.1 Å². The quantitative estimate of drug-likeness (QED) is 0.748. The minimum absolute atomic E-state index is 0.403. The normalized spacial score (nSPS) is 17.0. The van der Waals surface area contributed by atoms with Crippen molar-refractivity contribution in [3.63, 3.8) is 0 Å². The molecule has 1 fully saturated rings. The van der Waals surface area contributed by atoms with Crippen LogP contribution < -0.4 is 0 Å². The number of nitrogens with zero attached hydrogens (tertiary/aromatic N) is 2. The fourth-order valence-corrected chi connectivity index (χ4v) is 3.92. The molecule has 0 amide bonds. The van der Waals surface area contributed by atoms with Crippen LogP contribution in [0.4, 0.5) is 0 Å². The van der Waals surface area contributed by atoms with Crippen LogP contribution in [0.2, 0.25) is 0 Å². The summed E-state index contributed by atoms with van der Waals surface area (Å²) in [6.45, 7) is 9.13. The number of piperazine rings is 1. The van der Waals surface area contributed by atoms with E-state index in [0.29, 0.717) is 24.0 Å². The molecule has 1 aromatic rings. The lowest BCUT2D eigenvalue weighted by Crippen LogP contribution is -2.51. The predicted octanol–water partition coefficient (Wildman–Crippen LogP) is 1.26. The molecule has 146 valence electrons. The van der Waals surface area contributed by atoms with Crippen LogP contribution in [0.3, 0.4) is 0 Å². The van der Waals surface area contributed by atoms with E-state index in [9.17, 15) is 8.42 Å². The molecular formula is C17H26N2O6S. The summed E-state index contributed by atoms with van der Waals surface area (Å²) in [5.41, 5.74) is 1.07. The summed E-state index contributed by atoms with van der Waals surface area (Å²) in [5, 5.41) is 14.8. The molecule has 2 N–H and O–H groups in total. The smallest absolute Gasteiger partial charge is 0.414 e. The first kappa shape index (κ1) is 22.1. The van der Waals surface area contributed by atoms with Crippen molar-refractivity contribution in [3.05, 3.63) is 29.8 Å². The molecule has 1 aliphatic heterocycles. The van der Waals surface area contributed by atoms with Crippen molar-refractivity contribution in [1.29, 1.82) is 0 Å². The Morgan fingerprint density at radius 2 is 1.50 bits per heavy atom. The van der Waals surface area contributed by atoms with Crippen LogP contribution in [0.1, 0.15) is 25.8 Å². The number of carbonyl (C=O) groups is 2. The summed E-state index contributed by atoms with van der Waals surface area (Å²) in [7, 11) is -3.33. The van der Waals surface area contributed by atoms with Crippen molar-refractivity contribution >= 4 is 22.0 Å². The number of carboxylic acid groups (broad SMARTS) is 2. The average molecular weight is 386 g/mol. The highest BCUT2D eigenvalue weighted by molar-refractivity contribution is 7.89. The molecule has 1 aromatic carbocycles. The lowest BCUT2D eigenvalue weighted by Gasteiger charge is -2.37. The molecule has 26 heavy (non-hydrogen) atoms. The van der Waals surface area contributed by atoms with Crippen LogP contribution in [0.25, 0.3) is 0 Å². The van der Waals surface area contributed by atoms with Crippen LogP contribution in [-0.4, -0.2) is 72.0 Å². The lowest BCUT2D eigenvalue weighted by molar-refractivity contribution is -0.159. The van der Waals surface area contributed by atoms with Crippen LogP contribution in [0.15, 0.2) is 29.2 Å². The number of hydrogen-bond acceptors (Lipinski definition) is 5. The number of sulfonamides is 1. The van der Waals surface area contributed by atoms with E-state index < -0.39 is 22.0 Å². The third-order valence-corrected chi connectivity index (χ3v) is 6.24. The van der Waals surface area contributed by atoms with Crippen molar-refractivity contribution < 1.29 is 28.2 Å². The van der Waals surface area contributed by atoms with Gasteiger partial charge in [-0.15, -0.1) is 0 Å². The van der Waals surface area contributed by atoms with Gasteiger partial charge < -0.3 is 10.2 Å². The topological polar surface area (TPSA) is 115 Å². The first-order chi connectivity index (χ1) is 12.1. The first-order valence-electron chi connectivity index (χ1n) is 8.36. The van der Waals surface area contributed by atoms with Gasteiger partial charge in [0.2, 0.25) is 10.0 Å². The molecule has 0 aliphatic carbocycles. The molecule has 1 saturated heterocycles. The van der Waals surface area contributed by atoms with E-state index in [4.69, 9.17) is 19.8 Å². The largest absolute Gasteiger partial charge is 0.473 e. The average Bonchev–Trinajstić information content (AvgIpc) is 2.62. The van der Waals surface area contributed by atoms with Crippen LogP contribution >= 0.6 is 0 Å². The van der Waals surface area contributed by atoms with Gasteiger partial charge in [0.15, 0.2) is 0 Å². The molecule has 1 heterocycles. The Kier molecular flexibility index (Phi) is 8.19. The zero-order valence-electron chi connectivity index (χ0n) is 15.3. The monoisotopic (exact) mass is 386 g/mol. The van der Waals surface area contributed by atoms with Crippen molar-refractivity contribution in [2.75, 3.05) is 26.2 Å². The minimum Gasteiger partial charge on any atom is -0.473 e. The van der Waals surface area contributed by atoms with E-state index in [1.165, 1.54) is 0 Å². The molecule has 0 spiro atoms. The number of aryl methyl sites for hydroxylation is 1. The fraction of sp³-hybridized carbons (Fsp3) is 0.529. The molecular weight excluding hydrogens is 360 g/mol. The van der Waals surface area contributed by atoms with E-state index in [-0.39, 0.29) is 0 Å². The van der Waals surface area contributed by atoms with Gasteiger partial charge in [0.05, 0.1) is 4.90 Å². The molecule has 1 aliphatic rings. The van der Waals surface area contributed by atoms with Gasteiger partial charge in [0.25, 0.3) is 0 Å². The second-order valence-corrected chi connectivity index (χ2v) is 8.06. The highest BCUT2D eigenvalue weighted by atomic mass is 32.2. The lowest BCUT2D eigenvalue weighted by atomic mass is 10.2. The van der Waals surface area contributed by atoms with Gasteiger partial charge in [0, 0.05) is 32.2 Å². The third-order valence-electron chi connectivity index (χ3n) is 4.33. The van der Waals surface area contributed by atoms with Gasteiger partial charge in [-0.25, -0.2) is 18.0 Å². The summed E-state index contributed by atoms with van der Waals surface area (Å²) in [5.74, 6) is -3.65. The molecule has 0 aromatic heterocycles. The minimum atomic E-state index is -3.33. The Bertz CT molecular complexity index is 697. The maximum Gasteiger partial charge on any atom is 0.414 e. The number of carboxylic acids is 2. The van der Waals surface area contributed by atoms with Crippen LogP contribution in [0, 0.1) is 6.92 Å². The first-order valence-corrected chi connectivity index (χ1v) is 9.80. The van der Waals surface area contributed by atoms with Crippen LogP contribution in [-0.2, 0) is 19.6 Å². The molecule has 1 atom stereocenters. The number of rotatable bonds is 4. The van der Waals surface area contributed by atoms with Crippen LogP contribution in [0.5, 0.6) is 0 Å². The second-order valence-electron chi connectivity index (χ2n) is 6.12. The molecule has 2 rings (SSSR count). The molecule has 8 nitrogen and oxygen atoms in total. The van der Waals surface area contributed by atoms with Gasteiger partial charge in [-0.3, -0.25) is 4.90 Å². The van der Waals surface area contributed by atoms with Gasteiger partial charge in [0.1, 0.15) is 0 Å². The Hall–Kier alpha value is -1.97. The van der Waals surface area contributed by atoms with Crippen molar-refractivity contribution in [3.8, 4) is 0 Å². The number of benzene rings is 1. The van der Waals surface area contributed by atoms with Crippen molar-refractivity contribution in [2.24, 2.45) is 0 Å². The highest BCUT2D eigenvalue weighted by Crippen LogP contribution is 2.19. The van der Waals surface area contributed by atoms with E-state index in [0.717, 1.165) is 25.1 Å². The molecule has 9 heteroatoms. The Morgan fingerprint density at radius 1 is 1.04 bits per heavy atom. The van der Waals surface area contributed by atoms with E-state index in [2.05, 4.69) is 18.7 Å². The maximum atomic E-state index is 12.6. The van der Waals surface area contributed by atoms with Crippen molar-refractivity contribution in [1.82, 2.24) is 9.21 Å². The van der Waals surface area contributed by atoms with Gasteiger partial charge in [-0.05, 0) is 32.4 Å². The second kappa shape index (κ2) is 9.65. The summed E-state index contributed by atoms with van der Waals surface area (Å²) in [6.07, 6.45) is 1.10. The third kappa shape index (κ3) is 6.08. The van der Waals surface area contributed by atoms with E-state index >= 15 is 0 Å². The number of aliphatic carboxylic acids is 2. The summed E-state index contributed by atoms with van der Waals surface area (Å²) < 4.78 is 26.7.